The highest BCUT2D eigenvalue weighted by Crippen LogP contribution is 2.18. The molecule has 2 heterocycles. The largest absolute Gasteiger partial charge is 0.394 e. The molecule has 0 bridgehead atoms. The van der Waals surface area contributed by atoms with Gasteiger partial charge < -0.3 is 10.0 Å². The Labute approximate surface area is 113 Å². The smallest absolute Gasteiger partial charge is 0.242 e. The Balaban J connectivity index is 2.21. The summed E-state index contributed by atoms with van der Waals surface area (Å²) < 4.78 is 0. The number of aliphatic hydroxyl groups excluding tert-OH is 1. The summed E-state index contributed by atoms with van der Waals surface area (Å²) in [6.07, 6.45) is 2.66. The van der Waals surface area contributed by atoms with Crippen LogP contribution in [0.15, 0.2) is 24.4 Å². The first-order valence-electron chi connectivity index (χ1n) is 6.65. The molecule has 0 spiro atoms. The third-order valence-corrected chi connectivity index (χ3v) is 3.75. The summed E-state index contributed by atoms with van der Waals surface area (Å²) in [5.74, 6) is -0.0113. The molecule has 104 valence electrons. The SMILES string of the molecule is CC1CCN(C)C(=O)C(CO)N1Cc1ccccn1. The topological polar surface area (TPSA) is 56.7 Å². The molecule has 1 amide bonds. The Bertz CT molecular complexity index is 424. The number of rotatable bonds is 3. The summed E-state index contributed by atoms with van der Waals surface area (Å²) in [4.78, 5) is 20.3. The van der Waals surface area contributed by atoms with Crippen LogP contribution in [0.4, 0.5) is 0 Å². The van der Waals surface area contributed by atoms with Gasteiger partial charge in [0.05, 0.1) is 12.3 Å². The van der Waals surface area contributed by atoms with Crippen molar-refractivity contribution in [3.05, 3.63) is 30.1 Å². The highest BCUT2D eigenvalue weighted by Gasteiger charge is 2.34. The van der Waals surface area contributed by atoms with Crippen LogP contribution in [0.5, 0.6) is 0 Å². The number of hydrogen-bond donors (Lipinski definition) is 1. The molecule has 2 atom stereocenters. The van der Waals surface area contributed by atoms with E-state index in [1.807, 2.05) is 23.1 Å². The highest BCUT2D eigenvalue weighted by atomic mass is 16.3. The van der Waals surface area contributed by atoms with Crippen molar-refractivity contribution in [1.82, 2.24) is 14.8 Å². The maximum Gasteiger partial charge on any atom is 0.242 e. The Kier molecular flexibility index (Phi) is 4.50. The molecule has 19 heavy (non-hydrogen) atoms. The van der Waals surface area contributed by atoms with Crippen LogP contribution >= 0.6 is 0 Å². The third kappa shape index (κ3) is 3.11. The Hall–Kier alpha value is -1.46. The zero-order valence-corrected chi connectivity index (χ0v) is 11.5. The zero-order chi connectivity index (χ0) is 13.8. The van der Waals surface area contributed by atoms with Crippen LogP contribution in [-0.4, -0.2) is 58.1 Å². The number of carbonyl (C=O) groups is 1. The Morgan fingerprint density at radius 2 is 2.26 bits per heavy atom. The van der Waals surface area contributed by atoms with E-state index in [2.05, 4.69) is 11.9 Å². The molecule has 1 aromatic rings. The molecule has 1 aliphatic heterocycles. The van der Waals surface area contributed by atoms with Crippen molar-refractivity contribution >= 4 is 5.91 Å². The standard InChI is InChI=1S/C14H21N3O2/c1-11-6-8-16(2)14(19)13(10-18)17(11)9-12-5-3-4-7-15-12/h3-5,7,11,13,18H,6,8-10H2,1-2H3. The van der Waals surface area contributed by atoms with Crippen molar-refractivity contribution in [3.8, 4) is 0 Å². The molecule has 0 radical (unpaired) electrons. The lowest BCUT2D eigenvalue weighted by molar-refractivity contribution is -0.136. The summed E-state index contributed by atoms with van der Waals surface area (Å²) >= 11 is 0. The van der Waals surface area contributed by atoms with Gasteiger partial charge in [0, 0.05) is 32.4 Å². The fraction of sp³-hybridized carbons (Fsp3) is 0.571. The second kappa shape index (κ2) is 6.12. The van der Waals surface area contributed by atoms with Crippen LogP contribution in [0.25, 0.3) is 0 Å². The molecule has 1 fully saturated rings. The van der Waals surface area contributed by atoms with Crippen molar-refractivity contribution in [1.29, 1.82) is 0 Å². The minimum atomic E-state index is -0.468. The summed E-state index contributed by atoms with van der Waals surface area (Å²) in [5.41, 5.74) is 0.921. The molecule has 5 nitrogen and oxygen atoms in total. The van der Waals surface area contributed by atoms with Crippen molar-refractivity contribution in [2.45, 2.75) is 32.0 Å². The minimum absolute atomic E-state index is 0.0113. The number of carbonyl (C=O) groups excluding carboxylic acids is 1. The molecule has 1 saturated heterocycles. The molecule has 2 rings (SSSR count). The average molecular weight is 263 g/mol. The van der Waals surface area contributed by atoms with Gasteiger partial charge in [-0.1, -0.05) is 6.07 Å². The number of pyridine rings is 1. The summed E-state index contributed by atoms with van der Waals surface area (Å²) in [7, 11) is 1.79. The summed E-state index contributed by atoms with van der Waals surface area (Å²) in [6, 6.07) is 5.53. The molecule has 5 heteroatoms. The molecule has 0 aliphatic carbocycles. The number of aliphatic hydroxyl groups is 1. The second-order valence-corrected chi connectivity index (χ2v) is 5.09. The molecule has 1 aliphatic rings. The predicted molar refractivity (Wildman–Crippen MR) is 72.4 cm³/mol. The minimum Gasteiger partial charge on any atom is -0.394 e. The number of hydrogen-bond acceptors (Lipinski definition) is 4. The maximum absolute atomic E-state index is 12.2. The molecule has 0 saturated carbocycles. The number of nitrogens with zero attached hydrogens (tertiary/aromatic N) is 3. The molecule has 2 unspecified atom stereocenters. The predicted octanol–water partition coefficient (Wildman–Crippen LogP) is 0.495. The van der Waals surface area contributed by atoms with Crippen molar-refractivity contribution in [2.75, 3.05) is 20.2 Å². The van der Waals surface area contributed by atoms with Crippen LogP contribution in [0, 0.1) is 0 Å². The first-order valence-corrected chi connectivity index (χ1v) is 6.65. The van der Waals surface area contributed by atoms with E-state index in [-0.39, 0.29) is 18.6 Å². The molecule has 1 aromatic heterocycles. The fourth-order valence-electron chi connectivity index (χ4n) is 2.49. The fourth-order valence-corrected chi connectivity index (χ4v) is 2.49. The van der Waals surface area contributed by atoms with Crippen LogP contribution in [0.1, 0.15) is 19.0 Å². The van der Waals surface area contributed by atoms with E-state index in [1.54, 1.807) is 18.1 Å². The monoisotopic (exact) mass is 263 g/mol. The van der Waals surface area contributed by atoms with E-state index in [4.69, 9.17) is 0 Å². The lowest BCUT2D eigenvalue weighted by atomic mass is 10.1. The molecule has 0 aromatic carbocycles. The third-order valence-electron chi connectivity index (χ3n) is 3.75. The number of aromatic nitrogens is 1. The van der Waals surface area contributed by atoms with E-state index in [0.717, 1.165) is 18.7 Å². The highest BCUT2D eigenvalue weighted by molar-refractivity contribution is 5.82. The van der Waals surface area contributed by atoms with E-state index in [1.165, 1.54) is 0 Å². The van der Waals surface area contributed by atoms with Crippen molar-refractivity contribution < 1.29 is 9.90 Å². The number of amides is 1. The lowest BCUT2D eigenvalue weighted by Gasteiger charge is -2.32. The van der Waals surface area contributed by atoms with Crippen molar-refractivity contribution in [3.63, 3.8) is 0 Å². The van der Waals surface area contributed by atoms with Gasteiger partial charge in [-0.3, -0.25) is 14.7 Å². The normalized spacial score (nSPS) is 25.4. The van der Waals surface area contributed by atoms with Gasteiger partial charge in [-0.2, -0.15) is 0 Å². The maximum atomic E-state index is 12.2. The Morgan fingerprint density at radius 3 is 2.89 bits per heavy atom. The summed E-state index contributed by atoms with van der Waals surface area (Å²) in [6.45, 7) is 3.26. The van der Waals surface area contributed by atoms with Gasteiger partial charge in [0.15, 0.2) is 0 Å². The first kappa shape index (κ1) is 14.0. The van der Waals surface area contributed by atoms with Crippen LogP contribution in [0.2, 0.25) is 0 Å². The quantitative estimate of drug-likeness (QED) is 0.862. The lowest BCUT2D eigenvalue weighted by Crippen LogP contribution is -2.49. The van der Waals surface area contributed by atoms with Crippen LogP contribution in [0.3, 0.4) is 0 Å². The van der Waals surface area contributed by atoms with Gasteiger partial charge in [-0.05, 0) is 25.5 Å². The van der Waals surface area contributed by atoms with Gasteiger partial charge in [-0.25, -0.2) is 0 Å². The van der Waals surface area contributed by atoms with Gasteiger partial charge in [0.25, 0.3) is 0 Å². The van der Waals surface area contributed by atoms with Crippen LogP contribution in [-0.2, 0) is 11.3 Å². The number of likely N-dealkylation sites (N-methyl/N-ethyl adjacent to an activating group) is 1. The van der Waals surface area contributed by atoms with Crippen LogP contribution < -0.4 is 0 Å². The van der Waals surface area contributed by atoms with Gasteiger partial charge in [-0.15, -0.1) is 0 Å². The first-order chi connectivity index (χ1) is 9.13. The van der Waals surface area contributed by atoms with E-state index >= 15 is 0 Å². The molecular formula is C14H21N3O2. The molecular weight excluding hydrogens is 242 g/mol. The zero-order valence-electron chi connectivity index (χ0n) is 11.5. The Morgan fingerprint density at radius 1 is 1.47 bits per heavy atom. The van der Waals surface area contributed by atoms with E-state index in [9.17, 15) is 9.90 Å². The van der Waals surface area contributed by atoms with Gasteiger partial charge in [0.2, 0.25) is 5.91 Å². The van der Waals surface area contributed by atoms with E-state index in [0.29, 0.717) is 6.54 Å². The van der Waals surface area contributed by atoms with E-state index < -0.39 is 6.04 Å². The van der Waals surface area contributed by atoms with Gasteiger partial charge in [0.1, 0.15) is 6.04 Å². The average Bonchev–Trinajstić information content (AvgIpc) is 2.53. The molecule has 1 N–H and O–H groups in total. The summed E-state index contributed by atoms with van der Waals surface area (Å²) in [5, 5.41) is 9.56. The van der Waals surface area contributed by atoms with Crippen molar-refractivity contribution in [2.24, 2.45) is 0 Å². The second-order valence-electron chi connectivity index (χ2n) is 5.09. The van der Waals surface area contributed by atoms with Gasteiger partial charge >= 0.3 is 0 Å².